The van der Waals surface area contributed by atoms with E-state index in [0.29, 0.717) is 6.42 Å². The molecule has 0 spiro atoms. The predicted octanol–water partition coefficient (Wildman–Crippen LogP) is 2.42. The number of allylic oxidation sites excluding steroid dienone is 1. The van der Waals surface area contributed by atoms with Crippen LogP contribution in [-0.4, -0.2) is 11.4 Å². The number of nitriles is 1. The largest absolute Gasteiger partial charge is 0.411 e. The summed E-state index contributed by atoms with van der Waals surface area (Å²) in [5.41, 5.74) is 1.75. The molecule has 1 aromatic rings. The van der Waals surface area contributed by atoms with Crippen molar-refractivity contribution in [2.75, 3.05) is 0 Å². The number of hydrogen-bond donors (Lipinski definition) is 1. The standard InChI is InChI=1S/C11H10N2O/c12-8-4-3-6-10-5-1-2-7-11(10)9-13-14/h1-3,5-7,9,14H,4H2. The van der Waals surface area contributed by atoms with E-state index in [2.05, 4.69) is 5.16 Å². The Balaban J connectivity index is 2.90. The van der Waals surface area contributed by atoms with E-state index >= 15 is 0 Å². The van der Waals surface area contributed by atoms with Gasteiger partial charge >= 0.3 is 0 Å². The molecule has 70 valence electrons. The third kappa shape index (κ3) is 2.76. The molecule has 0 saturated carbocycles. The van der Waals surface area contributed by atoms with Crippen LogP contribution in [0.4, 0.5) is 0 Å². The van der Waals surface area contributed by atoms with Gasteiger partial charge in [0, 0.05) is 5.56 Å². The Labute approximate surface area is 82.6 Å². The summed E-state index contributed by atoms with van der Waals surface area (Å²) in [6.07, 6.45) is 5.35. The Hall–Kier alpha value is -2.08. The first-order chi connectivity index (χ1) is 6.88. The zero-order valence-electron chi connectivity index (χ0n) is 7.59. The summed E-state index contributed by atoms with van der Waals surface area (Å²) in [4.78, 5) is 0. The van der Waals surface area contributed by atoms with Crippen molar-refractivity contribution < 1.29 is 5.21 Å². The molecule has 1 aromatic carbocycles. The van der Waals surface area contributed by atoms with Crippen LogP contribution in [0.1, 0.15) is 17.5 Å². The maximum atomic E-state index is 8.41. The zero-order chi connectivity index (χ0) is 10.2. The molecule has 0 radical (unpaired) electrons. The van der Waals surface area contributed by atoms with E-state index < -0.39 is 0 Å². The van der Waals surface area contributed by atoms with E-state index in [1.807, 2.05) is 36.4 Å². The SMILES string of the molecule is N#CCC=Cc1ccccc1C=NO. The van der Waals surface area contributed by atoms with Crippen molar-refractivity contribution in [1.82, 2.24) is 0 Å². The van der Waals surface area contributed by atoms with Crippen LogP contribution in [0.2, 0.25) is 0 Å². The van der Waals surface area contributed by atoms with Crippen molar-refractivity contribution in [1.29, 1.82) is 5.26 Å². The van der Waals surface area contributed by atoms with Crippen molar-refractivity contribution in [3.8, 4) is 6.07 Å². The van der Waals surface area contributed by atoms with Gasteiger partial charge < -0.3 is 5.21 Å². The summed E-state index contributed by atoms with van der Waals surface area (Å²) in [6.45, 7) is 0. The summed E-state index contributed by atoms with van der Waals surface area (Å²) in [7, 11) is 0. The molecule has 0 aliphatic heterocycles. The first-order valence-corrected chi connectivity index (χ1v) is 4.18. The lowest BCUT2D eigenvalue weighted by Crippen LogP contribution is -1.85. The van der Waals surface area contributed by atoms with E-state index in [-0.39, 0.29) is 0 Å². The van der Waals surface area contributed by atoms with Gasteiger partial charge in [-0.1, -0.05) is 41.6 Å². The van der Waals surface area contributed by atoms with Gasteiger partial charge in [-0.15, -0.1) is 0 Å². The van der Waals surface area contributed by atoms with Gasteiger partial charge in [-0.25, -0.2) is 0 Å². The minimum atomic E-state index is 0.380. The number of hydrogen-bond acceptors (Lipinski definition) is 3. The molecule has 0 atom stereocenters. The topological polar surface area (TPSA) is 56.4 Å². The van der Waals surface area contributed by atoms with Crippen molar-refractivity contribution in [2.45, 2.75) is 6.42 Å². The Morgan fingerprint density at radius 1 is 1.36 bits per heavy atom. The first kappa shape index (κ1) is 10.0. The van der Waals surface area contributed by atoms with Crippen LogP contribution in [0.5, 0.6) is 0 Å². The lowest BCUT2D eigenvalue weighted by molar-refractivity contribution is 0.322. The Morgan fingerprint density at radius 2 is 2.07 bits per heavy atom. The van der Waals surface area contributed by atoms with Gasteiger partial charge in [0.25, 0.3) is 0 Å². The average molecular weight is 186 g/mol. The van der Waals surface area contributed by atoms with Crippen LogP contribution in [0.3, 0.4) is 0 Å². The molecule has 0 aromatic heterocycles. The Morgan fingerprint density at radius 3 is 2.71 bits per heavy atom. The fourth-order valence-corrected chi connectivity index (χ4v) is 1.08. The van der Waals surface area contributed by atoms with Crippen LogP contribution >= 0.6 is 0 Å². The number of benzene rings is 1. The van der Waals surface area contributed by atoms with Crippen LogP contribution in [0.25, 0.3) is 6.08 Å². The fraction of sp³-hybridized carbons (Fsp3) is 0.0909. The summed E-state index contributed by atoms with van der Waals surface area (Å²) in [5.74, 6) is 0. The molecular formula is C11H10N2O. The second-order valence-corrected chi connectivity index (χ2v) is 2.64. The van der Waals surface area contributed by atoms with Gasteiger partial charge in [0.1, 0.15) is 0 Å². The third-order valence-corrected chi connectivity index (χ3v) is 1.70. The van der Waals surface area contributed by atoms with Crippen LogP contribution < -0.4 is 0 Å². The monoisotopic (exact) mass is 186 g/mol. The van der Waals surface area contributed by atoms with Crippen LogP contribution in [0.15, 0.2) is 35.5 Å². The molecule has 14 heavy (non-hydrogen) atoms. The van der Waals surface area contributed by atoms with Crippen molar-refractivity contribution >= 4 is 12.3 Å². The van der Waals surface area contributed by atoms with Gasteiger partial charge in [-0.2, -0.15) is 5.26 Å². The second kappa shape index (κ2) is 5.55. The van der Waals surface area contributed by atoms with Crippen molar-refractivity contribution in [3.05, 3.63) is 41.5 Å². The first-order valence-electron chi connectivity index (χ1n) is 4.18. The molecule has 1 rings (SSSR count). The molecular weight excluding hydrogens is 176 g/mol. The maximum absolute atomic E-state index is 8.41. The smallest absolute Gasteiger partial charge is 0.0739 e. The third-order valence-electron chi connectivity index (χ3n) is 1.70. The highest BCUT2D eigenvalue weighted by Gasteiger charge is 1.93. The van der Waals surface area contributed by atoms with E-state index in [9.17, 15) is 0 Å². The van der Waals surface area contributed by atoms with E-state index in [0.717, 1.165) is 11.1 Å². The fourth-order valence-electron chi connectivity index (χ4n) is 1.08. The van der Waals surface area contributed by atoms with E-state index in [1.165, 1.54) is 6.21 Å². The van der Waals surface area contributed by atoms with Gasteiger partial charge in [-0.05, 0) is 5.56 Å². The van der Waals surface area contributed by atoms with Crippen LogP contribution in [0, 0.1) is 11.3 Å². The summed E-state index contributed by atoms with van der Waals surface area (Å²) < 4.78 is 0. The van der Waals surface area contributed by atoms with E-state index in [4.69, 9.17) is 10.5 Å². The Kier molecular flexibility index (Phi) is 3.96. The highest BCUT2D eigenvalue weighted by molar-refractivity contribution is 5.84. The lowest BCUT2D eigenvalue weighted by Gasteiger charge is -1.97. The highest BCUT2D eigenvalue weighted by atomic mass is 16.4. The van der Waals surface area contributed by atoms with Gasteiger partial charge in [-0.3, -0.25) is 0 Å². The molecule has 0 heterocycles. The minimum absolute atomic E-state index is 0.380. The van der Waals surface area contributed by atoms with Crippen LogP contribution in [-0.2, 0) is 0 Å². The quantitative estimate of drug-likeness (QED) is 0.447. The molecule has 0 saturated heterocycles. The number of nitrogens with zero attached hydrogens (tertiary/aromatic N) is 2. The molecule has 0 bridgehead atoms. The Bertz CT molecular complexity index is 389. The molecule has 1 N–H and O–H groups in total. The summed E-state index contributed by atoms with van der Waals surface area (Å²) in [6, 6.07) is 9.50. The molecule has 0 unspecified atom stereocenters. The maximum Gasteiger partial charge on any atom is 0.0739 e. The molecule has 3 heteroatoms. The predicted molar refractivity (Wildman–Crippen MR) is 55.1 cm³/mol. The lowest BCUT2D eigenvalue weighted by atomic mass is 10.1. The zero-order valence-corrected chi connectivity index (χ0v) is 7.59. The van der Waals surface area contributed by atoms with Crippen molar-refractivity contribution in [3.63, 3.8) is 0 Å². The van der Waals surface area contributed by atoms with Gasteiger partial charge in [0.05, 0.1) is 18.7 Å². The molecule has 0 amide bonds. The molecule has 0 aliphatic rings. The summed E-state index contributed by atoms with van der Waals surface area (Å²) in [5, 5.41) is 19.7. The number of oxime groups is 1. The molecule has 0 aliphatic carbocycles. The van der Waals surface area contributed by atoms with Gasteiger partial charge in [0.15, 0.2) is 0 Å². The average Bonchev–Trinajstić information content (AvgIpc) is 2.21. The second-order valence-electron chi connectivity index (χ2n) is 2.64. The normalized spacial score (nSPS) is 10.8. The van der Waals surface area contributed by atoms with Crippen molar-refractivity contribution in [2.24, 2.45) is 5.16 Å². The minimum Gasteiger partial charge on any atom is -0.411 e. The highest BCUT2D eigenvalue weighted by Crippen LogP contribution is 2.08. The summed E-state index contributed by atoms with van der Waals surface area (Å²) >= 11 is 0. The molecule has 0 fully saturated rings. The van der Waals surface area contributed by atoms with E-state index in [1.54, 1.807) is 6.08 Å². The molecule has 3 nitrogen and oxygen atoms in total. The van der Waals surface area contributed by atoms with Gasteiger partial charge in [0.2, 0.25) is 0 Å². The number of rotatable bonds is 3.